The number of hydrogen-bond donors (Lipinski definition) is 2. The summed E-state index contributed by atoms with van der Waals surface area (Å²) in [5.74, 6) is 0.944. The van der Waals surface area contributed by atoms with E-state index in [4.69, 9.17) is 0 Å². The van der Waals surface area contributed by atoms with Gasteiger partial charge in [0.25, 0.3) is 5.91 Å². The van der Waals surface area contributed by atoms with Crippen molar-refractivity contribution in [3.63, 3.8) is 0 Å². The molecule has 0 aliphatic rings. The van der Waals surface area contributed by atoms with E-state index in [1.54, 1.807) is 0 Å². The average molecular weight is 488 g/mol. The van der Waals surface area contributed by atoms with Crippen LogP contribution in [0.4, 0.5) is 0 Å². The van der Waals surface area contributed by atoms with Crippen LogP contribution < -0.4 is 10.6 Å². The number of guanidine groups is 1. The van der Waals surface area contributed by atoms with Gasteiger partial charge in [-0.05, 0) is 44.9 Å². The highest BCUT2D eigenvalue weighted by atomic mass is 127. The van der Waals surface area contributed by atoms with Crippen molar-refractivity contribution in [2.45, 2.75) is 59.9 Å². The van der Waals surface area contributed by atoms with Crippen LogP contribution in [0.3, 0.4) is 0 Å². The number of halogens is 1. The second-order valence-electron chi connectivity index (χ2n) is 6.36. The van der Waals surface area contributed by atoms with Gasteiger partial charge < -0.3 is 15.5 Å². The molecular formula is C21H37IN4O. The van der Waals surface area contributed by atoms with Gasteiger partial charge in [-0.1, -0.05) is 38.3 Å². The Balaban J connectivity index is 0.00000676. The third-order valence-electron chi connectivity index (χ3n) is 4.34. The topological polar surface area (TPSA) is 56.7 Å². The molecule has 5 nitrogen and oxygen atoms in total. The number of nitrogens with zero attached hydrogens (tertiary/aromatic N) is 2. The summed E-state index contributed by atoms with van der Waals surface area (Å²) in [6.07, 6.45) is 4.96. The zero-order chi connectivity index (χ0) is 19.2. The Morgan fingerprint density at radius 3 is 2.19 bits per heavy atom. The summed E-state index contributed by atoms with van der Waals surface area (Å²) >= 11 is 0. The minimum absolute atomic E-state index is 0. The monoisotopic (exact) mass is 488 g/mol. The molecule has 0 aliphatic carbocycles. The molecule has 0 heterocycles. The minimum Gasteiger partial charge on any atom is -0.357 e. The van der Waals surface area contributed by atoms with Crippen molar-refractivity contribution in [3.05, 3.63) is 35.4 Å². The first-order valence-electron chi connectivity index (χ1n) is 10.1. The van der Waals surface area contributed by atoms with Crippen LogP contribution >= 0.6 is 24.0 Å². The molecule has 0 aliphatic heterocycles. The highest BCUT2D eigenvalue weighted by molar-refractivity contribution is 14.0. The molecule has 1 aromatic carbocycles. The molecule has 2 N–H and O–H groups in total. The maximum absolute atomic E-state index is 12.3. The van der Waals surface area contributed by atoms with Crippen LogP contribution in [0, 0.1) is 0 Å². The van der Waals surface area contributed by atoms with Crippen molar-refractivity contribution in [2.75, 3.05) is 26.2 Å². The normalized spacial score (nSPS) is 10.9. The summed E-state index contributed by atoms with van der Waals surface area (Å²) in [5, 5.41) is 6.67. The van der Waals surface area contributed by atoms with Crippen LogP contribution in [0.15, 0.2) is 29.3 Å². The van der Waals surface area contributed by atoms with Crippen molar-refractivity contribution < 1.29 is 4.79 Å². The molecule has 1 rings (SSSR count). The van der Waals surface area contributed by atoms with E-state index < -0.39 is 0 Å². The van der Waals surface area contributed by atoms with E-state index in [1.807, 2.05) is 43.0 Å². The molecule has 1 amide bonds. The van der Waals surface area contributed by atoms with Gasteiger partial charge in [-0.2, -0.15) is 0 Å². The average Bonchev–Trinajstić information content (AvgIpc) is 2.67. The largest absolute Gasteiger partial charge is 0.357 e. The van der Waals surface area contributed by atoms with Gasteiger partial charge in [0.2, 0.25) is 0 Å². The quantitative estimate of drug-likeness (QED) is 0.210. The summed E-state index contributed by atoms with van der Waals surface area (Å²) < 4.78 is 0. The number of carbonyl (C=O) groups excluding carboxylic acids is 1. The number of amides is 1. The SMILES string of the molecule is CCCCCCNC(=NCc1ccc(C(=O)N(CC)CC)cc1)NCC.I. The number of rotatable bonds is 11. The van der Waals surface area contributed by atoms with Crippen molar-refractivity contribution in [3.8, 4) is 0 Å². The molecule has 0 atom stereocenters. The molecule has 0 fully saturated rings. The first-order valence-corrected chi connectivity index (χ1v) is 10.1. The molecule has 0 saturated carbocycles. The van der Waals surface area contributed by atoms with Gasteiger partial charge in [-0.25, -0.2) is 4.99 Å². The fourth-order valence-corrected chi connectivity index (χ4v) is 2.72. The van der Waals surface area contributed by atoms with E-state index in [2.05, 4.69) is 29.5 Å². The maximum atomic E-state index is 12.3. The van der Waals surface area contributed by atoms with Crippen LogP contribution in [0.1, 0.15) is 69.3 Å². The molecule has 0 unspecified atom stereocenters. The third-order valence-corrected chi connectivity index (χ3v) is 4.34. The van der Waals surface area contributed by atoms with Crippen molar-refractivity contribution in [1.82, 2.24) is 15.5 Å². The lowest BCUT2D eigenvalue weighted by atomic mass is 10.1. The highest BCUT2D eigenvalue weighted by Crippen LogP contribution is 2.09. The second-order valence-corrected chi connectivity index (χ2v) is 6.36. The number of nitrogens with one attached hydrogen (secondary N) is 2. The molecule has 6 heteroatoms. The Hall–Kier alpha value is -1.31. The van der Waals surface area contributed by atoms with Crippen LogP contribution in [0.25, 0.3) is 0 Å². The fourth-order valence-electron chi connectivity index (χ4n) is 2.72. The van der Waals surface area contributed by atoms with Crippen molar-refractivity contribution >= 4 is 35.8 Å². The van der Waals surface area contributed by atoms with Gasteiger partial charge in [0.15, 0.2) is 5.96 Å². The van der Waals surface area contributed by atoms with Gasteiger partial charge in [-0.15, -0.1) is 24.0 Å². The van der Waals surface area contributed by atoms with Gasteiger partial charge in [0.05, 0.1) is 6.54 Å². The van der Waals surface area contributed by atoms with E-state index in [0.717, 1.165) is 43.3 Å². The van der Waals surface area contributed by atoms with Gasteiger partial charge in [-0.3, -0.25) is 4.79 Å². The number of aliphatic imine (C=N–C) groups is 1. The van der Waals surface area contributed by atoms with E-state index in [0.29, 0.717) is 6.54 Å². The third kappa shape index (κ3) is 9.98. The first kappa shape index (κ1) is 25.7. The Labute approximate surface area is 182 Å². The Kier molecular flexibility index (Phi) is 15.0. The molecule has 0 bridgehead atoms. The predicted molar refractivity (Wildman–Crippen MR) is 126 cm³/mol. The van der Waals surface area contributed by atoms with Crippen molar-refractivity contribution in [1.29, 1.82) is 0 Å². The number of carbonyl (C=O) groups is 1. The van der Waals surface area contributed by atoms with Gasteiger partial charge in [0.1, 0.15) is 0 Å². The highest BCUT2D eigenvalue weighted by Gasteiger charge is 2.11. The van der Waals surface area contributed by atoms with Gasteiger partial charge >= 0.3 is 0 Å². The smallest absolute Gasteiger partial charge is 0.253 e. The number of unbranched alkanes of at least 4 members (excludes halogenated alkanes) is 3. The van der Waals surface area contributed by atoms with E-state index in [-0.39, 0.29) is 29.9 Å². The molecular weight excluding hydrogens is 451 g/mol. The zero-order valence-corrected chi connectivity index (χ0v) is 19.7. The molecule has 0 spiro atoms. The molecule has 27 heavy (non-hydrogen) atoms. The summed E-state index contributed by atoms with van der Waals surface area (Å²) in [6.45, 7) is 12.2. The lowest BCUT2D eigenvalue weighted by Gasteiger charge is -2.18. The predicted octanol–water partition coefficient (Wildman–Crippen LogP) is 4.42. The lowest BCUT2D eigenvalue weighted by molar-refractivity contribution is 0.0773. The summed E-state index contributed by atoms with van der Waals surface area (Å²) in [7, 11) is 0. The summed E-state index contributed by atoms with van der Waals surface area (Å²) in [4.78, 5) is 18.8. The minimum atomic E-state index is 0. The Morgan fingerprint density at radius 2 is 1.63 bits per heavy atom. The molecule has 0 radical (unpaired) electrons. The standard InChI is InChI=1S/C21H36N4O.HI/c1-5-9-10-11-16-23-21(22-6-2)24-17-18-12-14-19(15-13-18)20(26)25(7-3)8-4;/h12-15H,5-11,16-17H2,1-4H3,(H2,22,23,24);1H. The van der Waals surface area contributed by atoms with Crippen LogP contribution in [0.2, 0.25) is 0 Å². The van der Waals surface area contributed by atoms with Crippen molar-refractivity contribution in [2.24, 2.45) is 4.99 Å². The number of hydrogen-bond acceptors (Lipinski definition) is 2. The maximum Gasteiger partial charge on any atom is 0.253 e. The van der Waals surface area contributed by atoms with E-state index in [9.17, 15) is 4.79 Å². The van der Waals surface area contributed by atoms with E-state index >= 15 is 0 Å². The van der Waals surface area contributed by atoms with E-state index in [1.165, 1.54) is 25.7 Å². The van der Waals surface area contributed by atoms with Crippen LogP contribution in [0.5, 0.6) is 0 Å². The summed E-state index contributed by atoms with van der Waals surface area (Å²) in [6, 6.07) is 7.78. The number of benzene rings is 1. The second kappa shape index (κ2) is 15.7. The van der Waals surface area contributed by atoms with Gasteiger partial charge in [0, 0.05) is 31.7 Å². The zero-order valence-electron chi connectivity index (χ0n) is 17.4. The lowest BCUT2D eigenvalue weighted by Crippen LogP contribution is -2.37. The molecule has 0 aromatic heterocycles. The fraction of sp³-hybridized carbons (Fsp3) is 0.619. The van der Waals surface area contributed by atoms with Crippen LogP contribution in [-0.2, 0) is 6.54 Å². The first-order chi connectivity index (χ1) is 12.7. The Bertz CT molecular complexity index is 542. The summed E-state index contributed by atoms with van der Waals surface area (Å²) in [5.41, 5.74) is 1.84. The molecule has 0 saturated heterocycles. The Morgan fingerprint density at radius 1 is 0.963 bits per heavy atom. The molecule has 154 valence electrons. The molecule has 1 aromatic rings. The van der Waals surface area contributed by atoms with Crippen LogP contribution in [-0.4, -0.2) is 42.9 Å².